The molecule has 0 heterocycles. The van der Waals surface area contributed by atoms with Gasteiger partial charge in [-0.2, -0.15) is 8.78 Å². The number of carbonyl (C=O) groups is 2. The van der Waals surface area contributed by atoms with Gasteiger partial charge in [-0.3, -0.25) is 19.7 Å². The predicted octanol–water partition coefficient (Wildman–Crippen LogP) is 1.13. The van der Waals surface area contributed by atoms with Crippen LogP contribution >= 0.6 is 0 Å². The summed E-state index contributed by atoms with van der Waals surface area (Å²) in [4.78, 5) is 30.2. The molecule has 0 radical (unpaired) electrons. The molecule has 7 nitrogen and oxygen atoms in total. The molecule has 96 valence electrons. The van der Waals surface area contributed by atoms with Gasteiger partial charge in [0.2, 0.25) is 11.6 Å². The van der Waals surface area contributed by atoms with E-state index in [9.17, 15) is 28.5 Å². The molecule has 1 rings (SSSR count). The Kier molecular flexibility index (Phi) is 3.55. The van der Waals surface area contributed by atoms with Crippen LogP contribution in [0.3, 0.4) is 0 Å². The summed E-state index contributed by atoms with van der Waals surface area (Å²) in [6.45, 7) is 0. The highest BCUT2D eigenvalue weighted by molar-refractivity contribution is 5.99. The number of benzene rings is 1. The Morgan fingerprint density at radius 1 is 1.17 bits per heavy atom. The van der Waals surface area contributed by atoms with Gasteiger partial charge in [0.1, 0.15) is 0 Å². The first-order valence-electron chi connectivity index (χ1n) is 4.34. The highest BCUT2D eigenvalue weighted by Crippen LogP contribution is 2.27. The van der Waals surface area contributed by atoms with Crippen LogP contribution in [0.25, 0.3) is 0 Å². The van der Waals surface area contributed by atoms with Crippen LogP contribution in [0.2, 0.25) is 0 Å². The second-order valence-corrected chi connectivity index (χ2v) is 3.20. The summed E-state index contributed by atoms with van der Waals surface area (Å²) in [7, 11) is 0. The van der Waals surface area contributed by atoms with E-state index in [-0.39, 0.29) is 0 Å². The molecular formula is C9H5F2NO6. The van der Waals surface area contributed by atoms with Crippen molar-refractivity contribution in [2.24, 2.45) is 0 Å². The molecule has 0 spiro atoms. The summed E-state index contributed by atoms with van der Waals surface area (Å²) in [5.74, 6) is -9.15. The van der Waals surface area contributed by atoms with Crippen molar-refractivity contribution in [2.75, 3.05) is 0 Å². The van der Waals surface area contributed by atoms with E-state index in [1.54, 1.807) is 0 Å². The number of hydrogen-bond acceptors (Lipinski definition) is 4. The van der Waals surface area contributed by atoms with Crippen molar-refractivity contribution in [1.29, 1.82) is 0 Å². The fourth-order valence-corrected chi connectivity index (χ4v) is 1.32. The van der Waals surface area contributed by atoms with Gasteiger partial charge in [0.05, 0.1) is 4.92 Å². The zero-order valence-electron chi connectivity index (χ0n) is 8.46. The van der Waals surface area contributed by atoms with E-state index in [1.807, 2.05) is 0 Å². The minimum Gasteiger partial charge on any atom is -0.480 e. The normalized spacial score (nSPS) is 10.4. The van der Waals surface area contributed by atoms with Crippen LogP contribution in [-0.2, 0) is 9.59 Å². The molecule has 0 amide bonds. The molecule has 0 atom stereocenters. The molecule has 0 aliphatic rings. The number of hydrogen-bond donors (Lipinski definition) is 2. The predicted molar refractivity (Wildman–Crippen MR) is 51.0 cm³/mol. The van der Waals surface area contributed by atoms with Crippen molar-refractivity contribution in [3.05, 3.63) is 39.4 Å². The number of carboxylic acid groups (broad SMARTS) is 2. The van der Waals surface area contributed by atoms with Crippen LogP contribution in [0, 0.1) is 21.7 Å². The summed E-state index contributed by atoms with van der Waals surface area (Å²) in [6.07, 6.45) is 0. The van der Waals surface area contributed by atoms with Gasteiger partial charge in [0, 0.05) is 0 Å². The summed E-state index contributed by atoms with van der Waals surface area (Å²) in [6, 6.07) is 0.627. The molecular weight excluding hydrogens is 256 g/mol. The third-order valence-corrected chi connectivity index (χ3v) is 2.05. The van der Waals surface area contributed by atoms with Crippen molar-refractivity contribution in [3.8, 4) is 0 Å². The fourth-order valence-electron chi connectivity index (χ4n) is 1.32. The van der Waals surface area contributed by atoms with Gasteiger partial charge in [0.15, 0.2) is 5.92 Å². The standard InChI is InChI=1S/C9H5F2NO6/c10-4-1-3(6(8(13)14)9(15)16)2-5(11)7(4)12(17)18/h1-2,6H,(H,13,14)(H,15,16). The van der Waals surface area contributed by atoms with E-state index >= 15 is 0 Å². The number of nitrogens with zero attached hydrogens (tertiary/aromatic N) is 1. The average Bonchev–Trinajstić information content (AvgIpc) is 2.13. The fraction of sp³-hybridized carbons (Fsp3) is 0.111. The van der Waals surface area contributed by atoms with Crippen molar-refractivity contribution in [3.63, 3.8) is 0 Å². The lowest BCUT2D eigenvalue weighted by Crippen LogP contribution is -2.21. The van der Waals surface area contributed by atoms with Gasteiger partial charge in [0.25, 0.3) is 0 Å². The number of halogens is 2. The zero-order chi connectivity index (χ0) is 14.0. The lowest BCUT2D eigenvalue weighted by atomic mass is 9.99. The summed E-state index contributed by atoms with van der Waals surface area (Å²) >= 11 is 0. The number of nitro groups is 1. The molecule has 2 N–H and O–H groups in total. The van der Waals surface area contributed by atoms with Gasteiger partial charge in [-0.05, 0) is 17.7 Å². The van der Waals surface area contributed by atoms with Gasteiger partial charge >= 0.3 is 17.6 Å². The zero-order valence-corrected chi connectivity index (χ0v) is 8.46. The molecule has 1 aromatic carbocycles. The topological polar surface area (TPSA) is 118 Å². The molecule has 0 unspecified atom stereocenters. The second kappa shape index (κ2) is 4.73. The molecule has 0 saturated heterocycles. The molecule has 9 heteroatoms. The van der Waals surface area contributed by atoms with E-state index in [0.717, 1.165) is 0 Å². The van der Waals surface area contributed by atoms with Crippen LogP contribution in [0.4, 0.5) is 14.5 Å². The monoisotopic (exact) mass is 261 g/mol. The van der Waals surface area contributed by atoms with E-state index in [1.165, 1.54) is 0 Å². The quantitative estimate of drug-likeness (QED) is 0.476. The van der Waals surface area contributed by atoms with Crippen LogP contribution in [0.1, 0.15) is 11.5 Å². The van der Waals surface area contributed by atoms with Crippen LogP contribution in [0.5, 0.6) is 0 Å². The van der Waals surface area contributed by atoms with E-state index in [0.29, 0.717) is 12.1 Å². The second-order valence-electron chi connectivity index (χ2n) is 3.20. The Morgan fingerprint density at radius 3 is 1.83 bits per heavy atom. The Balaban J connectivity index is 3.41. The lowest BCUT2D eigenvalue weighted by molar-refractivity contribution is -0.390. The highest BCUT2D eigenvalue weighted by Gasteiger charge is 2.32. The van der Waals surface area contributed by atoms with E-state index in [2.05, 4.69) is 0 Å². The summed E-state index contributed by atoms with van der Waals surface area (Å²) in [5, 5.41) is 27.5. The van der Waals surface area contributed by atoms with Crippen LogP contribution in [-0.4, -0.2) is 27.1 Å². The first-order valence-corrected chi connectivity index (χ1v) is 4.34. The van der Waals surface area contributed by atoms with Crippen LogP contribution < -0.4 is 0 Å². The van der Waals surface area contributed by atoms with Gasteiger partial charge in [-0.1, -0.05) is 0 Å². The maximum atomic E-state index is 13.2. The number of rotatable bonds is 4. The summed E-state index contributed by atoms with van der Waals surface area (Å²) in [5.41, 5.74) is -2.19. The minimum atomic E-state index is -2.20. The number of aliphatic carboxylic acids is 2. The van der Waals surface area contributed by atoms with Gasteiger partial charge in [-0.25, -0.2) is 0 Å². The Bertz CT molecular complexity index is 507. The molecule has 0 aliphatic heterocycles. The average molecular weight is 261 g/mol. The maximum Gasteiger partial charge on any atom is 0.340 e. The Morgan fingerprint density at radius 2 is 1.56 bits per heavy atom. The van der Waals surface area contributed by atoms with E-state index in [4.69, 9.17) is 10.2 Å². The molecule has 0 saturated carbocycles. The minimum absolute atomic E-state index is 0.314. The molecule has 0 bridgehead atoms. The van der Waals surface area contributed by atoms with Gasteiger partial charge in [-0.15, -0.1) is 0 Å². The number of nitro benzene ring substituents is 1. The largest absolute Gasteiger partial charge is 0.480 e. The molecule has 18 heavy (non-hydrogen) atoms. The van der Waals surface area contributed by atoms with Crippen molar-refractivity contribution < 1.29 is 33.5 Å². The third kappa shape index (κ3) is 2.39. The van der Waals surface area contributed by atoms with Crippen molar-refractivity contribution >= 4 is 17.6 Å². The Labute approximate surface area is 97.4 Å². The first-order chi connectivity index (χ1) is 8.25. The van der Waals surface area contributed by atoms with Crippen molar-refractivity contribution in [2.45, 2.75) is 5.92 Å². The molecule has 0 aliphatic carbocycles. The summed E-state index contributed by atoms with van der Waals surface area (Å²) < 4.78 is 26.4. The smallest absolute Gasteiger partial charge is 0.340 e. The highest BCUT2D eigenvalue weighted by atomic mass is 19.1. The molecule has 1 aromatic rings. The maximum absolute atomic E-state index is 13.2. The molecule has 0 fully saturated rings. The molecule has 0 aromatic heterocycles. The first kappa shape index (κ1) is 13.5. The third-order valence-electron chi connectivity index (χ3n) is 2.05. The lowest BCUT2D eigenvalue weighted by Gasteiger charge is -2.08. The SMILES string of the molecule is O=C(O)C(C(=O)O)c1cc(F)c([N+](=O)[O-])c(F)c1. The van der Waals surface area contributed by atoms with E-state index < -0.39 is 45.7 Å². The Hall–Kier alpha value is -2.58. The van der Waals surface area contributed by atoms with Gasteiger partial charge < -0.3 is 10.2 Å². The van der Waals surface area contributed by atoms with Crippen LogP contribution in [0.15, 0.2) is 12.1 Å². The number of carboxylic acids is 2. The van der Waals surface area contributed by atoms with Crippen molar-refractivity contribution in [1.82, 2.24) is 0 Å².